The predicted octanol–water partition coefficient (Wildman–Crippen LogP) is 2.57. The summed E-state index contributed by atoms with van der Waals surface area (Å²) in [7, 11) is 0. The number of anilines is 2. The van der Waals surface area contributed by atoms with Crippen LogP contribution in [0.1, 0.15) is 24.2 Å². The van der Waals surface area contributed by atoms with Crippen LogP contribution in [0, 0.1) is 5.92 Å². The molecule has 2 rings (SSSR count). The number of carbonyl (C=O) groups excluding carboxylic acids is 1. The van der Waals surface area contributed by atoms with Crippen molar-refractivity contribution in [3.63, 3.8) is 0 Å². The molecule has 1 heterocycles. The Labute approximate surface area is 130 Å². The van der Waals surface area contributed by atoms with E-state index in [9.17, 15) is 4.79 Å². The third-order valence-corrected chi connectivity index (χ3v) is 3.62. The number of aliphatic hydroxyl groups is 1. The molecule has 2 unspecified atom stereocenters. The number of hydrogen-bond donors (Lipinski definition) is 3. The number of nitrogens with zero attached hydrogens (tertiary/aromatic N) is 1. The zero-order valence-electron chi connectivity index (χ0n) is 12.8. The first-order valence-corrected chi connectivity index (χ1v) is 7.29. The smallest absolute Gasteiger partial charge is 0.251 e. The molecular formula is C17H21N3O2. The Morgan fingerprint density at radius 1 is 1.09 bits per heavy atom. The van der Waals surface area contributed by atoms with Gasteiger partial charge in [0.15, 0.2) is 0 Å². The summed E-state index contributed by atoms with van der Waals surface area (Å²) in [6, 6.07) is 10.9. The number of amides is 1. The third-order valence-electron chi connectivity index (χ3n) is 3.62. The Hall–Kier alpha value is -2.40. The molecule has 5 nitrogen and oxygen atoms in total. The summed E-state index contributed by atoms with van der Waals surface area (Å²) in [5, 5.41) is 15.2. The highest BCUT2D eigenvalue weighted by Crippen LogP contribution is 2.16. The monoisotopic (exact) mass is 299 g/mol. The predicted molar refractivity (Wildman–Crippen MR) is 87.1 cm³/mol. The Bertz CT molecular complexity index is 599. The highest BCUT2D eigenvalue weighted by Gasteiger charge is 2.14. The standard InChI is InChI=1S/C17H21N3O2/c1-12(11-21)13(2)19-17(22)14-3-5-15(6-4-14)20-16-7-9-18-10-8-16/h3-10,12-13,21H,11H2,1-2H3,(H,18,20)(H,19,22). The van der Waals surface area contributed by atoms with Crippen LogP contribution in [0.5, 0.6) is 0 Å². The van der Waals surface area contributed by atoms with Crippen LogP contribution in [0.3, 0.4) is 0 Å². The number of rotatable bonds is 6. The molecule has 0 saturated heterocycles. The molecule has 2 aromatic rings. The van der Waals surface area contributed by atoms with Crippen molar-refractivity contribution in [2.45, 2.75) is 19.9 Å². The number of pyridine rings is 1. The van der Waals surface area contributed by atoms with E-state index in [1.807, 2.05) is 38.1 Å². The average molecular weight is 299 g/mol. The Kier molecular flexibility index (Phi) is 5.49. The fraction of sp³-hybridized carbons (Fsp3) is 0.294. The van der Waals surface area contributed by atoms with E-state index in [0.717, 1.165) is 11.4 Å². The zero-order valence-corrected chi connectivity index (χ0v) is 12.8. The van der Waals surface area contributed by atoms with Gasteiger partial charge in [0.1, 0.15) is 0 Å². The van der Waals surface area contributed by atoms with Crippen LogP contribution in [0.2, 0.25) is 0 Å². The van der Waals surface area contributed by atoms with Gasteiger partial charge in [0.05, 0.1) is 0 Å². The number of benzene rings is 1. The van der Waals surface area contributed by atoms with Crippen LogP contribution in [0.25, 0.3) is 0 Å². The number of nitrogens with one attached hydrogen (secondary N) is 2. The van der Waals surface area contributed by atoms with Crippen molar-refractivity contribution in [2.75, 3.05) is 11.9 Å². The average Bonchev–Trinajstić information content (AvgIpc) is 2.55. The maximum atomic E-state index is 12.1. The molecule has 0 radical (unpaired) electrons. The molecule has 1 amide bonds. The van der Waals surface area contributed by atoms with Crippen LogP contribution in [0.4, 0.5) is 11.4 Å². The molecule has 0 fully saturated rings. The molecule has 0 spiro atoms. The molecule has 0 aliphatic carbocycles. The summed E-state index contributed by atoms with van der Waals surface area (Å²) in [6.07, 6.45) is 3.43. The molecule has 1 aromatic carbocycles. The lowest BCUT2D eigenvalue weighted by Crippen LogP contribution is -2.38. The minimum atomic E-state index is -0.136. The largest absolute Gasteiger partial charge is 0.396 e. The maximum absolute atomic E-state index is 12.1. The number of aromatic nitrogens is 1. The van der Waals surface area contributed by atoms with Gasteiger partial charge in [-0.3, -0.25) is 9.78 Å². The quantitative estimate of drug-likeness (QED) is 0.766. The van der Waals surface area contributed by atoms with E-state index in [1.54, 1.807) is 24.5 Å². The van der Waals surface area contributed by atoms with Crippen molar-refractivity contribution in [3.8, 4) is 0 Å². The molecule has 3 N–H and O–H groups in total. The zero-order chi connectivity index (χ0) is 15.9. The first-order valence-electron chi connectivity index (χ1n) is 7.29. The highest BCUT2D eigenvalue weighted by atomic mass is 16.3. The first-order chi connectivity index (χ1) is 10.6. The van der Waals surface area contributed by atoms with E-state index in [-0.39, 0.29) is 24.5 Å². The van der Waals surface area contributed by atoms with Crippen molar-refractivity contribution >= 4 is 17.3 Å². The van der Waals surface area contributed by atoms with Crippen LogP contribution in [-0.4, -0.2) is 28.6 Å². The minimum Gasteiger partial charge on any atom is -0.396 e. The summed E-state index contributed by atoms with van der Waals surface area (Å²) in [5.74, 6) is -0.111. The molecule has 1 aromatic heterocycles. The van der Waals surface area contributed by atoms with Crippen molar-refractivity contribution in [1.29, 1.82) is 0 Å². The van der Waals surface area contributed by atoms with Crippen LogP contribution < -0.4 is 10.6 Å². The highest BCUT2D eigenvalue weighted by molar-refractivity contribution is 5.94. The topological polar surface area (TPSA) is 74.2 Å². The van der Waals surface area contributed by atoms with Crippen molar-refractivity contribution < 1.29 is 9.90 Å². The van der Waals surface area contributed by atoms with Crippen molar-refractivity contribution in [1.82, 2.24) is 10.3 Å². The second kappa shape index (κ2) is 7.56. The number of carbonyl (C=O) groups is 1. The summed E-state index contributed by atoms with van der Waals surface area (Å²) in [6.45, 7) is 3.83. The number of hydrogen-bond acceptors (Lipinski definition) is 4. The van der Waals surface area contributed by atoms with Gasteiger partial charge in [-0.25, -0.2) is 0 Å². The van der Waals surface area contributed by atoms with E-state index in [1.165, 1.54) is 0 Å². The first kappa shape index (κ1) is 16.0. The van der Waals surface area contributed by atoms with E-state index < -0.39 is 0 Å². The Morgan fingerprint density at radius 2 is 1.68 bits per heavy atom. The van der Waals surface area contributed by atoms with Crippen molar-refractivity contribution in [3.05, 3.63) is 54.4 Å². The van der Waals surface area contributed by atoms with Gasteiger partial charge in [0.25, 0.3) is 5.91 Å². The van der Waals surface area contributed by atoms with E-state index >= 15 is 0 Å². The van der Waals surface area contributed by atoms with Crippen LogP contribution in [0.15, 0.2) is 48.8 Å². The van der Waals surface area contributed by atoms with Crippen molar-refractivity contribution in [2.24, 2.45) is 5.92 Å². The van der Waals surface area contributed by atoms with E-state index in [4.69, 9.17) is 5.11 Å². The fourth-order valence-electron chi connectivity index (χ4n) is 1.90. The molecule has 2 atom stereocenters. The normalized spacial score (nSPS) is 13.2. The number of aliphatic hydroxyl groups excluding tert-OH is 1. The van der Waals surface area contributed by atoms with Gasteiger partial charge in [-0.15, -0.1) is 0 Å². The van der Waals surface area contributed by atoms with Crippen LogP contribution in [-0.2, 0) is 0 Å². The molecule has 116 valence electrons. The molecule has 0 aliphatic rings. The lowest BCUT2D eigenvalue weighted by molar-refractivity contribution is 0.0916. The Balaban J connectivity index is 1.98. The van der Waals surface area contributed by atoms with Gasteiger partial charge < -0.3 is 15.7 Å². The Morgan fingerprint density at radius 3 is 2.27 bits per heavy atom. The lowest BCUT2D eigenvalue weighted by Gasteiger charge is -2.19. The molecule has 0 aliphatic heterocycles. The molecular weight excluding hydrogens is 278 g/mol. The third kappa shape index (κ3) is 4.30. The SMILES string of the molecule is CC(CO)C(C)NC(=O)c1ccc(Nc2ccncc2)cc1. The van der Waals surface area contributed by atoms with Gasteiger partial charge in [-0.1, -0.05) is 6.92 Å². The summed E-state index contributed by atoms with van der Waals surface area (Å²) < 4.78 is 0. The van der Waals surface area contributed by atoms with Crippen LogP contribution >= 0.6 is 0 Å². The molecule has 0 saturated carbocycles. The molecule has 0 bridgehead atoms. The van der Waals surface area contributed by atoms with E-state index in [0.29, 0.717) is 5.56 Å². The molecule has 22 heavy (non-hydrogen) atoms. The molecule has 5 heteroatoms. The summed E-state index contributed by atoms with van der Waals surface area (Å²) >= 11 is 0. The van der Waals surface area contributed by atoms with Gasteiger partial charge in [0, 0.05) is 42.0 Å². The summed E-state index contributed by atoms with van der Waals surface area (Å²) in [4.78, 5) is 16.1. The van der Waals surface area contributed by atoms with Gasteiger partial charge >= 0.3 is 0 Å². The lowest BCUT2D eigenvalue weighted by atomic mass is 10.0. The minimum absolute atomic E-state index is 0.0246. The second-order valence-electron chi connectivity index (χ2n) is 5.36. The van der Waals surface area contributed by atoms with E-state index in [2.05, 4.69) is 15.6 Å². The summed E-state index contributed by atoms with van der Waals surface area (Å²) in [5.41, 5.74) is 2.44. The van der Waals surface area contributed by atoms with Gasteiger partial charge in [0.2, 0.25) is 0 Å². The van der Waals surface area contributed by atoms with Gasteiger partial charge in [-0.05, 0) is 49.2 Å². The second-order valence-corrected chi connectivity index (χ2v) is 5.36. The maximum Gasteiger partial charge on any atom is 0.251 e. The van der Waals surface area contributed by atoms with Gasteiger partial charge in [-0.2, -0.15) is 0 Å². The fourth-order valence-corrected chi connectivity index (χ4v) is 1.90.